The Kier molecular flexibility index (Phi) is 8.04. The molecule has 1 N–H and O–H groups in total. The second-order valence-corrected chi connectivity index (χ2v) is 8.52. The van der Waals surface area contributed by atoms with Crippen molar-refractivity contribution < 1.29 is 37.0 Å². The zero-order chi connectivity index (χ0) is 25.0. The number of nitrogens with zero attached hydrogens (tertiary/aromatic N) is 2. The van der Waals surface area contributed by atoms with E-state index in [1.165, 1.54) is 0 Å². The van der Waals surface area contributed by atoms with Gasteiger partial charge in [0.2, 0.25) is 5.91 Å². The first kappa shape index (κ1) is 25.8. The van der Waals surface area contributed by atoms with Gasteiger partial charge in [-0.15, -0.1) is 0 Å². The molecular weight excluding hydrogens is 480 g/mol. The van der Waals surface area contributed by atoms with E-state index in [1.807, 2.05) is 11.8 Å². The summed E-state index contributed by atoms with van der Waals surface area (Å²) >= 11 is 6.08. The maximum Gasteiger partial charge on any atom is 0.416 e. The normalized spacial score (nSPS) is 17.0. The van der Waals surface area contributed by atoms with E-state index in [9.17, 15) is 27.2 Å². The predicted octanol–water partition coefficient (Wildman–Crippen LogP) is 4.24. The van der Waals surface area contributed by atoms with Crippen molar-refractivity contribution in [1.29, 1.82) is 0 Å². The minimum absolute atomic E-state index is 0.0909. The molecule has 0 bridgehead atoms. The minimum atomic E-state index is -4.66. The summed E-state index contributed by atoms with van der Waals surface area (Å²) in [6.45, 7) is 3.05. The summed E-state index contributed by atoms with van der Waals surface area (Å²) < 4.78 is 57.7. The second-order valence-electron chi connectivity index (χ2n) is 8.09. The number of carbonyl (C=O) groups is 2. The molecule has 0 aromatic heterocycles. The lowest BCUT2D eigenvalue weighted by Crippen LogP contribution is -2.54. The third kappa shape index (κ3) is 6.60. The number of halogens is 5. The van der Waals surface area contributed by atoms with Gasteiger partial charge in [-0.1, -0.05) is 17.7 Å². The summed E-state index contributed by atoms with van der Waals surface area (Å²) in [5.41, 5.74) is -0.491. The first-order chi connectivity index (χ1) is 15.9. The summed E-state index contributed by atoms with van der Waals surface area (Å²) in [6.07, 6.45) is -4.99. The maximum atomic E-state index is 14.2. The molecule has 1 atom stereocenters. The van der Waals surface area contributed by atoms with Crippen LogP contribution in [0.5, 0.6) is 5.75 Å². The molecule has 6 nitrogen and oxygen atoms in total. The Morgan fingerprint density at radius 3 is 2.50 bits per heavy atom. The van der Waals surface area contributed by atoms with Gasteiger partial charge in [-0.2, -0.15) is 13.2 Å². The largest absolute Gasteiger partial charge is 0.482 e. The fourth-order valence-corrected chi connectivity index (χ4v) is 4.07. The Morgan fingerprint density at radius 1 is 1.15 bits per heavy atom. The van der Waals surface area contributed by atoms with Crippen molar-refractivity contribution in [2.24, 2.45) is 0 Å². The van der Waals surface area contributed by atoms with Crippen molar-refractivity contribution in [2.45, 2.75) is 32.1 Å². The molecule has 1 aliphatic heterocycles. The van der Waals surface area contributed by atoms with Gasteiger partial charge in [-0.25, -0.2) is 9.18 Å². The van der Waals surface area contributed by atoms with Gasteiger partial charge in [0.15, 0.2) is 6.61 Å². The average molecular weight is 503 g/mol. The standard InChI is InChI=1S/C23H23ClF4N2O4/c1-14-11-29(12-16-8-18(24)4-5-20(16)34-13-22(32)33)6-7-30(14)21(31)9-15-2-3-17(10-19(15)25)23(26,27)28/h2-5,8,10,14H,6-7,9,11-13H2,1H3,(H,32,33)/t14-/m0/s1. The Labute approximate surface area is 198 Å². The van der Waals surface area contributed by atoms with Crippen molar-refractivity contribution in [3.05, 3.63) is 63.9 Å². The Bertz CT molecular complexity index is 1060. The fourth-order valence-electron chi connectivity index (χ4n) is 3.87. The van der Waals surface area contributed by atoms with Gasteiger partial charge in [-0.3, -0.25) is 9.69 Å². The summed E-state index contributed by atoms with van der Waals surface area (Å²) in [5, 5.41) is 9.33. The molecule has 11 heteroatoms. The molecule has 3 rings (SSSR count). The number of hydrogen-bond acceptors (Lipinski definition) is 4. The molecule has 1 fully saturated rings. The number of hydrogen-bond donors (Lipinski definition) is 1. The van der Waals surface area contributed by atoms with E-state index in [1.54, 1.807) is 23.1 Å². The van der Waals surface area contributed by atoms with Crippen molar-refractivity contribution in [3.63, 3.8) is 0 Å². The van der Waals surface area contributed by atoms with Crippen LogP contribution in [0.2, 0.25) is 5.02 Å². The third-order valence-corrected chi connectivity index (χ3v) is 5.76. The number of amides is 1. The molecule has 2 aromatic carbocycles. The number of carboxylic acids is 1. The van der Waals surface area contributed by atoms with Gasteiger partial charge < -0.3 is 14.7 Å². The average Bonchev–Trinajstić information content (AvgIpc) is 2.73. The first-order valence-electron chi connectivity index (χ1n) is 10.4. The molecular formula is C23H23ClF4N2O4. The SMILES string of the molecule is C[C@H]1CN(Cc2cc(Cl)ccc2OCC(=O)O)CCN1C(=O)Cc1ccc(C(F)(F)F)cc1F. The molecule has 1 amide bonds. The molecule has 0 radical (unpaired) electrons. The van der Waals surface area contributed by atoms with Crippen molar-refractivity contribution in [1.82, 2.24) is 9.80 Å². The molecule has 0 spiro atoms. The molecule has 0 saturated carbocycles. The van der Waals surface area contributed by atoms with E-state index in [0.29, 0.717) is 48.6 Å². The van der Waals surface area contributed by atoms with Gasteiger partial charge in [0.25, 0.3) is 0 Å². The highest BCUT2D eigenvalue weighted by Gasteiger charge is 2.32. The van der Waals surface area contributed by atoms with E-state index < -0.39 is 30.1 Å². The van der Waals surface area contributed by atoms with E-state index in [0.717, 1.165) is 12.1 Å². The fraction of sp³-hybridized carbons (Fsp3) is 0.391. The van der Waals surface area contributed by atoms with E-state index in [4.69, 9.17) is 21.4 Å². The van der Waals surface area contributed by atoms with Crippen LogP contribution < -0.4 is 4.74 Å². The van der Waals surface area contributed by atoms with Crippen molar-refractivity contribution in [3.8, 4) is 5.75 Å². The van der Waals surface area contributed by atoms with E-state index >= 15 is 0 Å². The zero-order valence-corrected chi connectivity index (χ0v) is 19.0. The number of benzene rings is 2. The van der Waals surface area contributed by atoms with Crippen LogP contribution in [0.25, 0.3) is 0 Å². The minimum Gasteiger partial charge on any atom is -0.482 e. The monoisotopic (exact) mass is 502 g/mol. The van der Waals surface area contributed by atoms with Gasteiger partial charge in [0, 0.05) is 42.8 Å². The molecule has 0 unspecified atom stereocenters. The van der Waals surface area contributed by atoms with Crippen LogP contribution >= 0.6 is 11.6 Å². The Morgan fingerprint density at radius 2 is 1.88 bits per heavy atom. The predicted molar refractivity (Wildman–Crippen MR) is 116 cm³/mol. The Hall–Kier alpha value is -2.85. The first-order valence-corrected chi connectivity index (χ1v) is 10.8. The molecule has 1 aliphatic rings. The Balaban J connectivity index is 1.62. The molecule has 1 saturated heterocycles. The van der Waals surface area contributed by atoms with Crippen LogP contribution in [-0.4, -0.2) is 59.1 Å². The van der Waals surface area contributed by atoms with Gasteiger partial charge in [0.1, 0.15) is 11.6 Å². The van der Waals surface area contributed by atoms with Gasteiger partial charge >= 0.3 is 12.1 Å². The van der Waals surface area contributed by atoms with Crippen LogP contribution in [0.4, 0.5) is 17.6 Å². The maximum absolute atomic E-state index is 14.2. The van der Waals surface area contributed by atoms with Crippen LogP contribution in [0.1, 0.15) is 23.6 Å². The number of aliphatic carboxylic acids is 1. The number of piperazine rings is 1. The highest BCUT2D eigenvalue weighted by atomic mass is 35.5. The summed E-state index contributed by atoms with van der Waals surface area (Å²) in [7, 11) is 0. The van der Waals surface area contributed by atoms with Crippen LogP contribution in [0.3, 0.4) is 0 Å². The van der Waals surface area contributed by atoms with Crippen LogP contribution in [0, 0.1) is 5.82 Å². The molecule has 184 valence electrons. The number of rotatable bonds is 7. The summed E-state index contributed by atoms with van der Waals surface area (Å²) in [5.74, 6) is -2.15. The second kappa shape index (κ2) is 10.6. The number of ether oxygens (including phenoxy) is 1. The van der Waals surface area contributed by atoms with Gasteiger partial charge in [0.05, 0.1) is 12.0 Å². The van der Waals surface area contributed by atoms with Crippen molar-refractivity contribution >= 4 is 23.5 Å². The van der Waals surface area contributed by atoms with Gasteiger partial charge in [-0.05, 0) is 42.8 Å². The lowest BCUT2D eigenvalue weighted by atomic mass is 10.1. The van der Waals surface area contributed by atoms with Crippen LogP contribution in [0.15, 0.2) is 36.4 Å². The van der Waals surface area contributed by atoms with E-state index in [2.05, 4.69) is 0 Å². The topological polar surface area (TPSA) is 70.1 Å². The highest BCUT2D eigenvalue weighted by Crippen LogP contribution is 2.30. The summed E-state index contributed by atoms with van der Waals surface area (Å²) in [4.78, 5) is 27.2. The smallest absolute Gasteiger partial charge is 0.416 e. The molecule has 1 heterocycles. The zero-order valence-electron chi connectivity index (χ0n) is 18.2. The highest BCUT2D eigenvalue weighted by molar-refractivity contribution is 6.30. The van der Waals surface area contributed by atoms with Crippen molar-refractivity contribution in [2.75, 3.05) is 26.2 Å². The summed E-state index contributed by atoms with van der Waals surface area (Å²) in [6, 6.07) is 6.82. The molecule has 0 aliphatic carbocycles. The number of carbonyl (C=O) groups excluding carboxylic acids is 1. The molecule has 34 heavy (non-hydrogen) atoms. The molecule has 2 aromatic rings. The number of alkyl halides is 3. The lowest BCUT2D eigenvalue weighted by Gasteiger charge is -2.40. The quantitative estimate of drug-likeness (QED) is 0.574. The van der Waals surface area contributed by atoms with Crippen LogP contribution in [-0.2, 0) is 28.7 Å². The number of carboxylic acid groups (broad SMARTS) is 1. The third-order valence-electron chi connectivity index (χ3n) is 5.52. The lowest BCUT2D eigenvalue weighted by molar-refractivity contribution is -0.139. The van der Waals surface area contributed by atoms with E-state index in [-0.39, 0.29) is 23.9 Å².